The van der Waals surface area contributed by atoms with Crippen LogP contribution in [0.3, 0.4) is 0 Å². The van der Waals surface area contributed by atoms with Crippen LogP contribution in [-0.4, -0.2) is 38.2 Å². The molecule has 0 saturated heterocycles. The first-order valence-corrected chi connectivity index (χ1v) is 4.46. The third kappa shape index (κ3) is 6.54. The second kappa shape index (κ2) is 8.93. The topological polar surface area (TPSA) is 30.9 Å². The molecule has 0 aromatic rings. The Morgan fingerprint density at radius 2 is 1.50 bits per heavy atom. The smallest absolute Gasteiger partial charge is 0.0751 e. The molecule has 0 fully saturated rings. The molecule has 0 rings (SSSR count). The minimum Gasteiger partial charge on any atom is -0.380 e. The molecule has 74 valence electrons. The van der Waals surface area contributed by atoms with Crippen molar-refractivity contribution >= 4 is 0 Å². The fraction of sp³-hybridized carbons (Fsp3) is 1.00. The van der Waals surface area contributed by atoms with E-state index in [9.17, 15) is 0 Å². The standard InChI is InChI=1S/C8H19NO3/c1-4-10-8-7-9(11-5-2)12-6-3/h4-8H2,1-3H3. The van der Waals surface area contributed by atoms with Crippen LogP contribution in [0.4, 0.5) is 0 Å². The molecule has 0 aliphatic heterocycles. The number of nitrogens with zero attached hydrogens (tertiary/aromatic N) is 1. The average Bonchev–Trinajstić information content (AvgIpc) is 2.06. The molecule has 0 aromatic heterocycles. The Labute approximate surface area is 74.3 Å². The summed E-state index contributed by atoms with van der Waals surface area (Å²) < 4.78 is 5.15. The van der Waals surface area contributed by atoms with Crippen LogP contribution in [0.2, 0.25) is 0 Å². The summed E-state index contributed by atoms with van der Waals surface area (Å²) in [5.41, 5.74) is 0. The van der Waals surface area contributed by atoms with Gasteiger partial charge in [-0.2, -0.15) is 0 Å². The van der Waals surface area contributed by atoms with Crippen LogP contribution in [0.1, 0.15) is 20.8 Å². The molecule has 12 heavy (non-hydrogen) atoms. The first-order valence-electron chi connectivity index (χ1n) is 4.46. The van der Waals surface area contributed by atoms with Crippen molar-refractivity contribution in [3.8, 4) is 0 Å². The van der Waals surface area contributed by atoms with Crippen molar-refractivity contribution in [1.29, 1.82) is 0 Å². The lowest BCUT2D eigenvalue weighted by Crippen LogP contribution is -2.28. The van der Waals surface area contributed by atoms with Gasteiger partial charge in [0.05, 0.1) is 26.4 Å². The Balaban J connectivity index is 3.34. The largest absolute Gasteiger partial charge is 0.380 e. The lowest BCUT2D eigenvalue weighted by atomic mass is 10.7. The van der Waals surface area contributed by atoms with E-state index in [4.69, 9.17) is 14.4 Å². The molecular weight excluding hydrogens is 158 g/mol. The second-order valence-electron chi connectivity index (χ2n) is 2.09. The molecule has 0 spiro atoms. The van der Waals surface area contributed by atoms with Gasteiger partial charge in [0.15, 0.2) is 0 Å². The summed E-state index contributed by atoms with van der Waals surface area (Å²) in [6.45, 7) is 9.06. The maximum atomic E-state index is 5.16. The van der Waals surface area contributed by atoms with E-state index >= 15 is 0 Å². The van der Waals surface area contributed by atoms with E-state index in [2.05, 4.69) is 0 Å². The molecule has 0 N–H and O–H groups in total. The van der Waals surface area contributed by atoms with Gasteiger partial charge >= 0.3 is 0 Å². The SMILES string of the molecule is CCOCCN(OCC)OCC. The molecule has 0 aliphatic carbocycles. The highest BCUT2D eigenvalue weighted by atomic mass is 16.9. The molecule has 0 aromatic carbocycles. The van der Waals surface area contributed by atoms with Crippen LogP contribution < -0.4 is 0 Å². The average molecular weight is 177 g/mol. The predicted molar refractivity (Wildman–Crippen MR) is 46.5 cm³/mol. The fourth-order valence-electron chi connectivity index (χ4n) is 0.738. The van der Waals surface area contributed by atoms with Gasteiger partial charge in [-0.1, -0.05) is 5.23 Å². The van der Waals surface area contributed by atoms with Crippen LogP contribution in [0, 0.1) is 0 Å². The molecule has 0 amide bonds. The van der Waals surface area contributed by atoms with Crippen LogP contribution in [0.25, 0.3) is 0 Å². The number of hydrogen-bond acceptors (Lipinski definition) is 4. The Bertz CT molecular complexity index is 84.4. The first kappa shape index (κ1) is 11.8. The van der Waals surface area contributed by atoms with Crippen LogP contribution in [0.5, 0.6) is 0 Å². The van der Waals surface area contributed by atoms with Gasteiger partial charge in [-0.25, -0.2) is 0 Å². The lowest BCUT2D eigenvalue weighted by Gasteiger charge is -2.18. The van der Waals surface area contributed by atoms with E-state index in [1.807, 2.05) is 20.8 Å². The van der Waals surface area contributed by atoms with Crippen molar-refractivity contribution in [2.45, 2.75) is 20.8 Å². The minimum absolute atomic E-state index is 0.617. The van der Waals surface area contributed by atoms with Gasteiger partial charge < -0.3 is 4.74 Å². The second-order valence-corrected chi connectivity index (χ2v) is 2.09. The molecule has 0 bridgehead atoms. The third-order valence-electron chi connectivity index (χ3n) is 1.17. The minimum atomic E-state index is 0.617. The summed E-state index contributed by atoms with van der Waals surface area (Å²) in [6.07, 6.45) is 0. The van der Waals surface area contributed by atoms with Crippen molar-refractivity contribution in [2.75, 3.05) is 33.0 Å². The number of ether oxygens (including phenoxy) is 1. The highest BCUT2D eigenvalue weighted by Gasteiger charge is 2.02. The fourth-order valence-corrected chi connectivity index (χ4v) is 0.738. The summed E-state index contributed by atoms with van der Waals surface area (Å²) in [4.78, 5) is 10.3. The van der Waals surface area contributed by atoms with Gasteiger partial charge in [0, 0.05) is 6.61 Å². The van der Waals surface area contributed by atoms with E-state index in [0.717, 1.165) is 6.61 Å². The summed E-state index contributed by atoms with van der Waals surface area (Å²) in [5.74, 6) is 0. The van der Waals surface area contributed by atoms with Crippen LogP contribution in [0.15, 0.2) is 0 Å². The zero-order chi connectivity index (χ0) is 9.23. The quantitative estimate of drug-likeness (QED) is 0.412. The number of hydroxylamine groups is 2. The van der Waals surface area contributed by atoms with Crippen molar-refractivity contribution in [1.82, 2.24) is 5.23 Å². The Morgan fingerprint density at radius 1 is 0.917 bits per heavy atom. The van der Waals surface area contributed by atoms with Gasteiger partial charge in [-0.3, -0.25) is 9.68 Å². The molecule has 0 aliphatic rings. The maximum absolute atomic E-state index is 5.16. The van der Waals surface area contributed by atoms with Gasteiger partial charge in [-0.05, 0) is 20.8 Å². The molecule has 0 unspecified atom stereocenters. The maximum Gasteiger partial charge on any atom is 0.0751 e. The van der Waals surface area contributed by atoms with Crippen LogP contribution >= 0.6 is 0 Å². The van der Waals surface area contributed by atoms with Gasteiger partial charge in [0.1, 0.15) is 0 Å². The van der Waals surface area contributed by atoms with Crippen molar-refractivity contribution in [2.24, 2.45) is 0 Å². The molecule has 4 nitrogen and oxygen atoms in total. The molecule has 0 heterocycles. The summed E-state index contributed by atoms with van der Waals surface area (Å²) in [5, 5.41) is 1.47. The van der Waals surface area contributed by atoms with Gasteiger partial charge in [0.25, 0.3) is 0 Å². The molecule has 0 radical (unpaired) electrons. The Hall–Kier alpha value is -0.160. The Morgan fingerprint density at radius 3 is 1.92 bits per heavy atom. The van der Waals surface area contributed by atoms with Crippen molar-refractivity contribution in [3.05, 3.63) is 0 Å². The van der Waals surface area contributed by atoms with Crippen molar-refractivity contribution < 1.29 is 14.4 Å². The molecule has 0 saturated carbocycles. The zero-order valence-electron chi connectivity index (χ0n) is 8.21. The van der Waals surface area contributed by atoms with E-state index in [1.165, 1.54) is 5.23 Å². The summed E-state index contributed by atoms with van der Waals surface area (Å²) in [6, 6.07) is 0. The molecular formula is C8H19NO3. The Kier molecular flexibility index (Phi) is 8.81. The third-order valence-corrected chi connectivity index (χ3v) is 1.17. The van der Waals surface area contributed by atoms with E-state index in [-0.39, 0.29) is 0 Å². The summed E-state index contributed by atoms with van der Waals surface area (Å²) >= 11 is 0. The highest BCUT2D eigenvalue weighted by Crippen LogP contribution is 1.92. The number of rotatable bonds is 8. The van der Waals surface area contributed by atoms with Crippen LogP contribution in [-0.2, 0) is 14.4 Å². The summed E-state index contributed by atoms with van der Waals surface area (Å²) in [7, 11) is 0. The van der Waals surface area contributed by atoms with Gasteiger partial charge in [-0.15, -0.1) is 0 Å². The zero-order valence-corrected chi connectivity index (χ0v) is 8.21. The normalized spacial score (nSPS) is 11.0. The predicted octanol–water partition coefficient (Wildman–Crippen LogP) is 1.23. The lowest BCUT2D eigenvalue weighted by molar-refractivity contribution is -0.367. The van der Waals surface area contributed by atoms with Crippen molar-refractivity contribution in [3.63, 3.8) is 0 Å². The number of hydrogen-bond donors (Lipinski definition) is 0. The first-order chi connectivity index (χ1) is 5.85. The molecule has 0 atom stereocenters. The van der Waals surface area contributed by atoms with E-state index < -0.39 is 0 Å². The highest BCUT2D eigenvalue weighted by molar-refractivity contribution is 4.31. The van der Waals surface area contributed by atoms with Gasteiger partial charge in [0.2, 0.25) is 0 Å². The van der Waals surface area contributed by atoms with E-state index in [1.54, 1.807) is 0 Å². The molecule has 4 heteroatoms. The monoisotopic (exact) mass is 177 g/mol. The van der Waals surface area contributed by atoms with E-state index in [0.29, 0.717) is 26.4 Å².